The van der Waals surface area contributed by atoms with Crippen molar-refractivity contribution in [3.8, 4) is 11.5 Å². The van der Waals surface area contributed by atoms with Crippen molar-refractivity contribution in [1.82, 2.24) is 15.1 Å². The van der Waals surface area contributed by atoms with Gasteiger partial charge in [-0.2, -0.15) is 0 Å². The van der Waals surface area contributed by atoms with Gasteiger partial charge >= 0.3 is 5.97 Å². The zero-order valence-corrected chi connectivity index (χ0v) is 12.1. The van der Waals surface area contributed by atoms with Crippen LogP contribution in [0.25, 0.3) is 0 Å². The molecule has 0 fully saturated rings. The number of benzene rings is 1. The molecule has 1 N–H and O–H groups in total. The molecule has 0 radical (unpaired) electrons. The zero-order chi connectivity index (χ0) is 15.7. The van der Waals surface area contributed by atoms with Gasteiger partial charge in [0.15, 0.2) is 11.5 Å². The first-order valence-electron chi connectivity index (χ1n) is 6.66. The van der Waals surface area contributed by atoms with Crippen molar-refractivity contribution in [1.29, 1.82) is 0 Å². The summed E-state index contributed by atoms with van der Waals surface area (Å²) >= 11 is 0. The normalized spacial score (nSPS) is 14.3. The first kappa shape index (κ1) is 14.3. The quantitative estimate of drug-likeness (QED) is 0.884. The van der Waals surface area contributed by atoms with Crippen molar-refractivity contribution in [2.45, 2.75) is 19.5 Å². The van der Waals surface area contributed by atoms with Crippen LogP contribution >= 0.6 is 0 Å². The van der Waals surface area contributed by atoms with Crippen molar-refractivity contribution in [3.05, 3.63) is 35.5 Å². The van der Waals surface area contributed by atoms with E-state index in [-0.39, 0.29) is 13.3 Å². The number of rotatable bonds is 5. The molecule has 22 heavy (non-hydrogen) atoms. The monoisotopic (exact) mass is 305 g/mol. The molecule has 0 spiro atoms. The van der Waals surface area contributed by atoms with Gasteiger partial charge < -0.3 is 19.0 Å². The summed E-state index contributed by atoms with van der Waals surface area (Å²) in [4.78, 5) is 13.3. The second kappa shape index (κ2) is 5.64. The molecule has 116 valence electrons. The fourth-order valence-corrected chi connectivity index (χ4v) is 2.37. The van der Waals surface area contributed by atoms with Gasteiger partial charge in [-0.3, -0.25) is 9.69 Å². The van der Waals surface area contributed by atoms with Gasteiger partial charge in [0.2, 0.25) is 18.6 Å². The lowest BCUT2D eigenvalue weighted by Gasteiger charge is -2.23. The van der Waals surface area contributed by atoms with Crippen LogP contribution in [-0.2, 0) is 11.3 Å². The van der Waals surface area contributed by atoms with Crippen molar-refractivity contribution in [3.63, 3.8) is 0 Å². The summed E-state index contributed by atoms with van der Waals surface area (Å²) in [6, 6.07) is 4.23. The number of likely N-dealkylation sites (N-methyl/N-ethyl adjacent to an activating group) is 1. The lowest BCUT2D eigenvalue weighted by atomic mass is 10.0. The van der Waals surface area contributed by atoms with E-state index in [4.69, 9.17) is 13.9 Å². The number of hydrogen-bond donors (Lipinski definition) is 1. The van der Waals surface area contributed by atoms with Crippen LogP contribution in [0.3, 0.4) is 0 Å². The van der Waals surface area contributed by atoms with Crippen LogP contribution in [0.1, 0.15) is 23.4 Å². The molecule has 1 aliphatic heterocycles. The molecule has 1 aromatic carbocycles. The van der Waals surface area contributed by atoms with Crippen LogP contribution in [0.5, 0.6) is 11.5 Å². The number of carbonyl (C=O) groups is 1. The highest BCUT2D eigenvalue weighted by Gasteiger charge is 2.28. The molecule has 8 nitrogen and oxygen atoms in total. The first-order valence-corrected chi connectivity index (χ1v) is 6.66. The maximum atomic E-state index is 11.7. The van der Waals surface area contributed by atoms with Gasteiger partial charge in [-0.1, -0.05) is 6.07 Å². The Morgan fingerprint density at radius 1 is 1.36 bits per heavy atom. The van der Waals surface area contributed by atoms with Crippen molar-refractivity contribution < 1.29 is 23.8 Å². The number of nitrogens with zero attached hydrogens (tertiary/aromatic N) is 3. The molecule has 3 rings (SSSR count). The number of aromatic nitrogens is 2. The van der Waals surface area contributed by atoms with E-state index in [0.717, 1.165) is 0 Å². The summed E-state index contributed by atoms with van der Waals surface area (Å²) < 4.78 is 15.8. The largest absolute Gasteiger partial charge is 0.480 e. The summed E-state index contributed by atoms with van der Waals surface area (Å²) in [5.74, 6) is 0.997. The maximum absolute atomic E-state index is 11.7. The van der Waals surface area contributed by atoms with E-state index in [1.807, 2.05) is 0 Å². The lowest BCUT2D eigenvalue weighted by molar-refractivity contribution is -0.143. The molecule has 1 aliphatic rings. The van der Waals surface area contributed by atoms with E-state index in [2.05, 4.69) is 10.2 Å². The smallest absolute Gasteiger partial charge is 0.325 e. The van der Waals surface area contributed by atoms with Crippen molar-refractivity contribution in [2.75, 3.05) is 13.8 Å². The van der Waals surface area contributed by atoms with Crippen molar-refractivity contribution >= 4 is 5.97 Å². The Kier molecular flexibility index (Phi) is 3.68. The van der Waals surface area contributed by atoms with Crippen LogP contribution < -0.4 is 9.47 Å². The summed E-state index contributed by atoms with van der Waals surface area (Å²) in [6.07, 6.45) is 0. The summed E-state index contributed by atoms with van der Waals surface area (Å²) in [6.45, 7) is 2.06. The van der Waals surface area contributed by atoms with Crippen LogP contribution in [-0.4, -0.2) is 40.0 Å². The van der Waals surface area contributed by atoms with Gasteiger partial charge in [0.1, 0.15) is 6.04 Å². The van der Waals surface area contributed by atoms with Gasteiger partial charge in [-0.25, -0.2) is 0 Å². The number of carboxylic acid groups (broad SMARTS) is 1. The second-order valence-electron chi connectivity index (χ2n) is 4.98. The molecule has 0 unspecified atom stereocenters. The van der Waals surface area contributed by atoms with E-state index in [9.17, 15) is 9.90 Å². The minimum Gasteiger partial charge on any atom is -0.480 e. The summed E-state index contributed by atoms with van der Waals surface area (Å²) in [5, 5.41) is 17.2. The summed E-state index contributed by atoms with van der Waals surface area (Å²) in [7, 11) is 1.68. The molecular formula is C14H15N3O5. The highest BCUT2D eigenvalue weighted by molar-refractivity contribution is 5.76. The van der Waals surface area contributed by atoms with Gasteiger partial charge in [0.05, 0.1) is 6.54 Å². The van der Waals surface area contributed by atoms with Crippen molar-refractivity contribution in [2.24, 2.45) is 0 Å². The fraction of sp³-hybridized carbons (Fsp3) is 0.357. The minimum absolute atomic E-state index is 0.146. The Bertz CT molecular complexity index is 700. The number of carboxylic acids is 1. The number of ether oxygens (including phenoxy) is 2. The highest BCUT2D eigenvalue weighted by atomic mass is 16.7. The predicted molar refractivity (Wildman–Crippen MR) is 73.4 cm³/mol. The second-order valence-corrected chi connectivity index (χ2v) is 4.98. The average Bonchev–Trinajstić information content (AvgIpc) is 3.07. The Balaban J connectivity index is 1.84. The minimum atomic E-state index is -0.974. The van der Waals surface area contributed by atoms with E-state index in [1.54, 1.807) is 37.1 Å². The topological polar surface area (TPSA) is 97.9 Å². The Labute approximate surface area is 126 Å². The third-order valence-corrected chi connectivity index (χ3v) is 3.34. The average molecular weight is 305 g/mol. The molecule has 1 atom stereocenters. The maximum Gasteiger partial charge on any atom is 0.325 e. The molecule has 0 bridgehead atoms. The molecule has 0 aliphatic carbocycles. The van der Waals surface area contributed by atoms with Crippen LogP contribution in [0.15, 0.2) is 22.6 Å². The van der Waals surface area contributed by atoms with Gasteiger partial charge in [0, 0.05) is 6.92 Å². The zero-order valence-electron chi connectivity index (χ0n) is 12.1. The predicted octanol–water partition coefficient (Wildman–Crippen LogP) is 1.36. The molecule has 8 heteroatoms. The van der Waals surface area contributed by atoms with Crippen LogP contribution in [0.4, 0.5) is 0 Å². The number of fused-ring (bicyclic) bond motifs is 1. The lowest BCUT2D eigenvalue weighted by Crippen LogP contribution is -2.30. The highest BCUT2D eigenvalue weighted by Crippen LogP contribution is 2.35. The van der Waals surface area contributed by atoms with E-state index in [0.29, 0.717) is 28.8 Å². The Hall–Kier alpha value is -2.61. The van der Waals surface area contributed by atoms with Crippen LogP contribution in [0.2, 0.25) is 0 Å². The van der Waals surface area contributed by atoms with Gasteiger partial charge in [0.25, 0.3) is 0 Å². The fourth-order valence-electron chi connectivity index (χ4n) is 2.37. The molecule has 1 aromatic heterocycles. The third kappa shape index (κ3) is 2.73. The standard InChI is InChI=1S/C14H15N3O5/c1-8-15-16-12(22-8)6-17(2)13(14(18)19)9-3-4-10-11(5-9)21-7-20-10/h3-5,13H,6-7H2,1-2H3,(H,18,19)/t13-/m1/s1. The Morgan fingerprint density at radius 2 is 2.14 bits per heavy atom. The molecule has 0 amide bonds. The molecule has 2 aromatic rings. The number of aryl methyl sites for hydroxylation is 1. The molecule has 0 saturated carbocycles. The van der Waals surface area contributed by atoms with E-state index >= 15 is 0 Å². The molecular weight excluding hydrogens is 290 g/mol. The first-order chi connectivity index (χ1) is 10.5. The van der Waals surface area contributed by atoms with Crippen LogP contribution in [0, 0.1) is 6.92 Å². The number of hydrogen-bond acceptors (Lipinski definition) is 7. The SMILES string of the molecule is Cc1nnc(CN(C)[C@@H](C(=O)O)c2ccc3c(c2)OCO3)o1. The van der Waals surface area contributed by atoms with Gasteiger partial charge in [-0.15, -0.1) is 10.2 Å². The molecule has 2 heterocycles. The Morgan fingerprint density at radius 3 is 2.82 bits per heavy atom. The molecule has 0 saturated heterocycles. The van der Waals surface area contributed by atoms with E-state index in [1.165, 1.54) is 0 Å². The number of aliphatic carboxylic acids is 1. The van der Waals surface area contributed by atoms with E-state index < -0.39 is 12.0 Å². The van der Waals surface area contributed by atoms with Gasteiger partial charge in [-0.05, 0) is 24.7 Å². The summed E-state index contributed by atoms with van der Waals surface area (Å²) in [5.41, 5.74) is 0.593. The third-order valence-electron chi connectivity index (χ3n) is 3.34.